The summed E-state index contributed by atoms with van der Waals surface area (Å²) in [4.78, 5) is 18.4. The molecule has 1 aliphatic rings. The van der Waals surface area contributed by atoms with Gasteiger partial charge in [-0.1, -0.05) is 15.9 Å². The quantitative estimate of drug-likeness (QED) is 0.415. The van der Waals surface area contributed by atoms with Gasteiger partial charge in [0.05, 0.1) is 26.7 Å². The fraction of sp³-hybridized carbons (Fsp3) is 0.579. The Morgan fingerprint density at radius 2 is 1.89 bits per heavy atom. The number of guanidine groups is 1. The molecule has 150 valence electrons. The van der Waals surface area contributed by atoms with Crippen molar-refractivity contribution in [2.24, 2.45) is 10.9 Å². The molecule has 0 bridgehead atoms. The summed E-state index contributed by atoms with van der Waals surface area (Å²) < 4.78 is 16.8. The zero-order chi connectivity index (χ0) is 19.8. The monoisotopic (exact) mass is 441 g/mol. The molecule has 0 radical (unpaired) electrons. The van der Waals surface area contributed by atoms with Crippen LogP contribution in [0.1, 0.15) is 25.3 Å². The van der Waals surface area contributed by atoms with Gasteiger partial charge in [0.15, 0.2) is 17.5 Å². The maximum absolute atomic E-state index is 11.9. The van der Waals surface area contributed by atoms with Crippen molar-refractivity contribution in [3.05, 3.63) is 22.2 Å². The number of piperidine rings is 1. The van der Waals surface area contributed by atoms with Gasteiger partial charge in [0, 0.05) is 31.2 Å². The Balaban J connectivity index is 1.96. The van der Waals surface area contributed by atoms with Crippen molar-refractivity contribution in [1.82, 2.24) is 10.2 Å². The zero-order valence-electron chi connectivity index (χ0n) is 16.4. The lowest BCUT2D eigenvalue weighted by Gasteiger charge is -2.33. The van der Waals surface area contributed by atoms with Gasteiger partial charge in [0.1, 0.15) is 0 Å². The summed E-state index contributed by atoms with van der Waals surface area (Å²) in [6.45, 7) is 4.41. The molecule has 1 aromatic rings. The van der Waals surface area contributed by atoms with E-state index in [1.807, 2.05) is 19.1 Å². The molecule has 7 nitrogen and oxygen atoms in total. The summed E-state index contributed by atoms with van der Waals surface area (Å²) in [6.07, 6.45) is 1.55. The van der Waals surface area contributed by atoms with Crippen LogP contribution in [0.2, 0.25) is 0 Å². The Hall–Kier alpha value is -1.96. The fourth-order valence-electron chi connectivity index (χ4n) is 3.13. The lowest BCUT2D eigenvalue weighted by Crippen LogP contribution is -2.46. The summed E-state index contributed by atoms with van der Waals surface area (Å²) >= 11 is 3.58. The van der Waals surface area contributed by atoms with Crippen molar-refractivity contribution in [2.45, 2.75) is 26.3 Å². The summed E-state index contributed by atoms with van der Waals surface area (Å²) in [5, 5.41) is 3.39. The number of likely N-dealkylation sites (tertiary alicyclic amines) is 1. The highest BCUT2D eigenvalue weighted by Gasteiger charge is 2.27. The highest BCUT2D eigenvalue weighted by molar-refractivity contribution is 9.10. The van der Waals surface area contributed by atoms with E-state index < -0.39 is 0 Å². The number of halogens is 1. The normalized spacial score (nSPS) is 15.4. The van der Waals surface area contributed by atoms with Gasteiger partial charge in [-0.2, -0.15) is 0 Å². The molecule has 1 aromatic carbocycles. The van der Waals surface area contributed by atoms with Gasteiger partial charge in [-0.3, -0.25) is 9.79 Å². The van der Waals surface area contributed by atoms with E-state index in [9.17, 15) is 4.79 Å². The minimum atomic E-state index is -0.0886. The Morgan fingerprint density at radius 3 is 2.44 bits per heavy atom. The van der Waals surface area contributed by atoms with Crippen molar-refractivity contribution in [3.63, 3.8) is 0 Å². The minimum Gasteiger partial charge on any atom is -0.493 e. The first kappa shape index (κ1) is 21.3. The van der Waals surface area contributed by atoms with Crippen molar-refractivity contribution in [2.75, 3.05) is 41.0 Å². The van der Waals surface area contributed by atoms with E-state index in [0.717, 1.165) is 41.9 Å². The molecule has 2 rings (SSSR count). The topological polar surface area (TPSA) is 72.4 Å². The second kappa shape index (κ2) is 10.4. The number of aliphatic imine (C=N–C) groups is 1. The molecule has 0 amide bonds. The number of ether oxygens (including phenoxy) is 3. The van der Waals surface area contributed by atoms with Gasteiger partial charge < -0.3 is 24.4 Å². The fourth-order valence-corrected chi connectivity index (χ4v) is 3.59. The second-order valence-corrected chi connectivity index (χ2v) is 7.07. The molecule has 1 saturated heterocycles. The number of carbonyl (C=O) groups excluding carboxylic acids is 1. The van der Waals surface area contributed by atoms with Crippen LogP contribution in [0.5, 0.6) is 11.5 Å². The maximum Gasteiger partial charge on any atom is 0.309 e. The summed E-state index contributed by atoms with van der Waals surface area (Å²) in [5.41, 5.74) is 1.04. The highest BCUT2D eigenvalue weighted by Crippen LogP contribution is 2.33. The number of benzene rings is 1. The average molecular weight is 442 g/mol. The van der Waals surface area contributed by atoms with Gasteiger partial charge in [-0.25, -0.2) is 0 Å². The number of esters is 1. The van der Waals surface area contributed by atoms with Crippen LogP contribution < -0.4 is 14.8 Å². The Morgan fingerprint density at radius 1 is 1.26 bits per heavy atom. The molecule has 1 heterocycles. The van der Waals surface area contributed by atoms with Crippen LogP contribution in [0.3, 0.4) is 0 Å². The summed E-state index contributed by atoms with van der Waals surface area (Å²) in [7, 11) is 5.00. The SMILES string of the molecule is CCOC(=O)C1CCN(C(=NC)NCc2cc(OC)c(OC)cc2Br)CC1. The average Bonchev–Trinajstić information content (AvgIpc) is 2.69. The van der Waals surface area contributed by atoms with Gasteiger partial charge in [0.25, 0.3) is 0 Å². The number of rotatable bonds is 6. The third-order valence-electron chi connectivity index (χ3n) is 4.62. The van der Waals surface area contributed by atoms with E-state index in [0.29, 0.717) is 24.7 Å². The standard InChI is InChI=1S/C19H28BrN3O4/c1-5-27-18(24)13-6-8-23(9-7-13)19(21-2)22-12-14-10-16(25-3)17(26-4)11-15(14)20/h10-11,13H,5-9,12H2,1-4H3,(H,21,22). The van der Waals surface area contributed by atoms with Crippen LogP contribution in [0, 0.1) is 5.92 Å². The Bertz CT molecular complexity index is 673. The zero-order valence-corrected chi connectivity index (χ0v) is 18.0. The molecule has 8 heteroatoms. The number of hydrogen-bond acceptors (Lipinski definition) is 5. The van der Waals surface area contributed by atoms with E-state index in [4.69, 9.17) is 14.2 Å². The van der Waals surface area contributed by atoms with Crippen molar-refractivity contribution in [3.8, 4) is 11.5 Å². The third kappa shape index (κ3) is 5.51. The largest absolute Gasteiger partial charge is 0.493 e. The Labute approximate surface area is 169 Å². The van der Waals surface area contributed by atoms with Gasteiger partial charge in [-0.05, 0) is 37.5 Å². The maximum atomic E-state index is 11.9. The highest BCUT2D eigenvalue weighted by atomic mass is 79.9. The van der Waals surface area contributed by atoms with Crippen LogP contribution in [-0.2, 0) is 16.1 Å². The van der Waals surface area contributed by atoms with Crippen molar-refractivity contribution >= 4 is 27.9 Å². The summed E-state index contributed by atoms with van der Waals surface area (Å²) in [6, 6.07) is 3.83. The third-order valence-corrected chi connectivity index (χ3v) is 5.35. The molecule has 1 aliphatic heterocycles. The van der Waals surface area contributed by atoms with E-state index in [2.05, 4.69) is 31.1 Å². The van der Waals surface area contributed by atoms with Crippen LogP contribution in [0.15, 0.2) is 21.6 Å². The number of nitrogens with zero attached hydrogens (tertiary/aromatic N) is 2. The molecule has 0 atom stereocenters. The molecule has 27 heavy (non-hydrogen) atoms. The molecular formula is C19H28BrN3O4. The summed E-state index contributed by atoms with van der Waals surface area (Å²) in [5.74, 6) is 2.08. The lowest BCUT2D eigenvalue weighted by atomic mass is 9.97. The van der Waals surface area contributed by atoms with E-state index >= 15 is 0 Å². The van der Waals surface area contributed by atoms with Gasteiger partial charge >= 0.3 is 5.97 Å². The molecule has 1 fully saturated rings. The lowest BCUT2D eigenvalue weighted by molar-refractivity contribution is -0.149. The van der Waals surface area contributed by atoms with E-state index in [-0.39, 0.29) is 11.9 Å². The minimum absolute atomic E-state index is 0.0145. The van der Waals surface area contributed by atoms with Crippen LogP contribution in [-0.4, -0.2) is 57.8 Å². The van der Waals surface area contributed by atoms with E-state index in [1.54, 1.807) is 21.3 Å². The van der Waals surface area contributed by atoms with Crippen molar-refractivity contribution < 1.29 is 19.0 Å². The number of nitrogens with one attached hydrogen (secondary N) is 1. The van der Waals surface area contributed by atoms with Crippen LogP contribution in [0.4, 0.5) is 0 Å². The first-order valence-corrected chi connectivity index (χ1v) is 9.85. The second-order valence-electron chi connectivity index (χ2n) is 6.21. The molecule has 0 aliphatic carbocycles. The van der Waals surface area contributed by atoms with Gasteiger partial charge in [0.2, 0.25) is 0 Å². The Kier molecular flexibility index (Phi) is 8.22. The predicted octanol–water partition coefficient (Wildman–Crippen LogP) is 2.82. The van der Waals surface area contributed by atoms with Gasteiger partial charge in [-0.15, -0.1) is 0 Å². The molecule has 1 N–H and O–H groups in total. The smallest absolute Gasteiger partial charge is 0.309 e. The molecule has 0 aromatic heterocycles. The molecular weight excluding hydrogens is 414 g/mol. The number of hydrogen-bond donors (Lipinski definition) is 1. The number of carbonyl (C=O) groups is 1. The number of methoxy groups -OCH3 is 2. The first-order chi connectivity index (χ1) is 13.0. The molecule has 0 saturated carbocycles. The molecule has 0 unspecified atom stereocenters. The predicted molar refractivity (Wildman–Crippen MR) is 108 cm³/mol. The van der Waals surface area contributed by atoms with Crippen LogP contribution in [0.25, 0.3) is 0 Å². The van der Waals surface area contributed by atoms with Crippen molar-refractivity contribution in [1.29, 1.82) is 0 Å². The van der Waals surface area contributed by atoms with Crippen LogP contribution >= 0.6 is 15.9 Å². The molecule has 0 spiro atoms. The first-order valence-electron chi connectivity index (χ1n) is 9.06. The van der Waals surface area contributed by atoms with E-state index in [1.165, 1.54) is 0 Å².